The fourth-order valence-electron chi connectivity index (χ4n) is 1.86. The van der Waals surface area contributed by atoms with Crippen molar-refractivity contribution >= 4 is 23.6 Å². The van der Waals surface area contributed by atoms with E-state index in [2.05, 4.69) is 15.5 Å². The van der Waals surface area contributed by atoms with Gasteiger partial charge in [-0.25, -0.2) is 4.68 Å². The number of hydrogen-bond acceptors (Lipinski definition) is 6. The van der Waals surface area contributed by atoms with Crippen LogP contribution in [0.25, 0.3) is 0 Å². The lowest BCUT2D eigenvalue weighted by molar-refractivity contribution is -0.143. The van der Waals surface area contributed by atoms with Crippen LogP contribution in [0.4, 0.5) is 0 Å². The Hall–Kier alpha value is -1.64. The molecule has 0 saturated carbocycles. The number of nitrogens with zero attached hydrogens (tertiary/aromatic N) is 6. The van der Waals surface area contributed by atoms with Gasteiger partial charge in [-0.1, -0.05) is 0 Å². The summed E-state index contributed by atoms with van der Waals surface area (Å²) in [4.78, 5) is 27.9. The maximum Gasteiger partial charge on any atom is 0.246 e. The minimum Gasteiger partial charge on any atom is -0.342 e. The van der Waals surface area contributed by atoms with Crippen molar-refractivity contribution in [1.82, 2.24) is 30.0 Å². The van der Waals surface area contributed by atoms with Crippen molar-refractivity contribution < 1.29 is 9.59 Å². The number of thioether (sulfide) groups is 1. The van der Waals surface area contributed by atoms with E-state index in [0.717, 1.165) is 0 Å². The molecule has 0 spiro atoms. The third-order valence-corrected chi connectivity index (χ3v) is 4.31. The first-order valence-electron chi connectivity index (χ1n) is 6.35. The molecule has 1 saturated heterocycles. The van der Waals surface area contributed by atoms with Crippen molar-refractivity contribution in [1.29, 1.82) is 0 Å². The minimum atomic E-state index is -0.392. The predicted molar refractivity (Wildman–Crippen MR) is 73.7 cm³/mol. The second kappa shape index (κ2) is 6.21. The molecule has 1 aliphatic heterocycles. The summed E-state index contributed by atoms with van der Waals surface area (Å²) in [5.74, 6) is 1.01. The number of amides is 2. The third-order valence-electron chi connectivity index (χ3n) is 3.30. The highest BCUT2D eigenvalue weighted by atomic mass is 32.2. The Morgan fingerprint density at radius 2 is 2.25 bits per heavy atom. The molecule has 2 rings (SSSR count). The number of carbonyl (C=O) groups is 2. The minimum absolute atomic E-state index is 0.0185. The smallest absolute Gasteiger partial charge is 0.246 e. The van der Waals surface area contributed by atoms with E-state index < -0.39 is 6.04 Å². The molecule has 0 radical (unpaired) electrons. The van der Waals surface area contributed by atoms with Gasteiger partial charge in [0.1, 0.15) is 18.9 Å². The Balaban J connectivity index is 2.03. The Morgan fingerprint density at radius 1 is 1.50 bits per heavy atom. The molecule has 1 unspecified atom stereocenters. The van der Waals surface area contributed by atoms with Gasteiger partial charge in [0.05, 0.1) is 5.88 Å². The van der Waals surface area contributed by atoms with E-state index in [0.29, 0.717) is 11.6 Å². The monoisotopic (exact) mass is 298 g/mol. The lowest BCUT2D eigenvalue weighted by Crippen LogP contribution is -2.50. The highest BCUT2D eigenvalue weighted by molar-refractivity contribution is 7.99. The molecular formula is C11H18N6O2S. The van der Waals surface area contributed by atoms with Crippen LogP contribution in [-0.2, 0) is 16.1 Å². The number of rotatable bonds is 4. The van der Waals surface area contributed by atoms with Gasteiger partial charge in [-0.3, -0.25) is 9.59 Å². The lowest BCUT2D eigenvalue weighted by atomic mass is 10.2. The highest BCUT2D eigenvalue weighted by Gasteiger charge is 2.36. The molecule has 0 aromatic carbocycles. The molecule has 20 heavy (non-hydrogen) atoms. The van der Waals surface area contributed by atoms with E-state index in [1.165, 1.54) is 11.0 Å². The maximum atomic E-state index is 12.4. The fraction of sp³-hybridized carbons (Fsp3) is 0.727. The van der Waals surface area contributed by atoms with Crippen LogP contribution in [0.15, 0.2) is 6.33 Å². The Bertz CT molecular complexity index is 477. The van der Waals surface area contributed by atoms with E-state index in [1.807, 2.05) is 13.8 Å². The molecule has 2 heterocycles. The van der Waals surface area contributed by atoms with E-state index in [9.17, 15) is 9.59 Å². The largest absolute Gasteiger partial charge is 0.342 e. The summed E-state index contributed by atoms with van der Waals surface area (Å²) in [5, 5.41) is 10.6. The van der Waals surface area contributed by atoms with Gasteiger partial charge in [-0.2, -0.15) is 0 Å². The summed E-state index contributed by atoms with van der Waals surface area (Å²) in [6, 6.07) is -0.277. The summed E-state index contributed by atoms with van der Waals surface area (Å²) in [6.45, 7) is 3.96. The zero-order valence-corrected chi connectivity index (χ0v) is 12.6. The van der Waals surface area contributed by atoms with E-state index in [-0.39, 0.29) is 24.4 Å². The molecule has 8 nitrogen and oxygen atoms in total. The van der Waals surface area contributed by atoms with Crippen molar-refractivity contribution in [2.24, 2.45) is 0 Å². The van der Waals surface area contributed by atoms with Crippen molar-refractivity contribution in [2.45, 2.75) is 32.5 Å². The van der Waals surface area contributed by atoms with Gasteiger partial charge in [-0.15, -0.1) is 16.9 Å². The fourth-order valence-corrected chi connectivity index (χ4v) is 3.04. The summed E-state index contributed by atoms with van der Waals surface area (Å²) in [6.07, 6.45) is 1.39. The first-order chi connectivity index (χ1) is 9.50. The second-order valence-electron chi connectivity index (χ2n) is 4.93. The number of likely N-dealkylation sites (N-methyl/N-ethyl adjacent to an activating group) is 1. The second-order valence-corrected chi connectivity index (χ2v) is 5.93. The normalized spacial score (nSPS) is 18.6. The predicted octanol–water partition coefficient (Wildman–Crippen LogP) is -0.559. The molecule has 1 atom stereocenters. The van der Waals surface area contributed by atoms with Gasteiger partial charge in [0.15, 0.2) is 0 Å². The SMILES string of the molecule is CC(C)N(C)C(=O)C1CSCN1C(=O)Cn1cnnn1. The standard InChI is InChI=1S/C11H18N6O2S/c1-8(2)15(3)11(19)9-5-20-7-17(9)10(18)4-16-6-12-13-14-16/h6,8-9H,4-5,7H2,1-3H3. The van der Waals surface area contributed by atoms with Gasteiger partial charge in [-0.05, 0) is 24.3 Å². The number of tetrazole rings is 1. The molecule has 0 N–H and O–H groups in total. The summed E-state index contributed by atoms with van der Waals surface area (Å²) in [5.41, 5.74) is 0. The molecule has 1 fully saturated rings. The van der Waals surface area contributed by atoms with Crippen LogP contribution in [0.2, 0.25) is 0 Å². The highest BCUT2D eigenvalue weighted by Crippen LogP contribution is 2.23. The first-order valence-corrected chi connectivity index (χ1v) is 7.51. The van der Waals surface area contributed by atoms with E-state index in [4.69, 9.17) is 0 Å². The molecule has 110 valence electrons. The van der Waals surface area contributed by atoms with Crippen LogP contribution in [0.1, 0.15) is 13.8 Å². The zero-order chi connectivity index (χ0) is 14.7. The van der Waals surface area contributed by atoms with Gasteiger partial charge in [0.2, 0.25) is 11.8 Å². The molecule has 2 amide bonds. The van der Waals surface area contributed by atoms with Crippen LogP contribution in [-0.4, -0.2) is 72.6 Å². The third kappa shape index (κ3) is 3.09. The van der Waals surface area contributed by atoms with E-state index >= 15 is 0 Å². The van der Waals surface area contributed by atoms with Crippen LogP contribution in [0.3, 0.4) is 0 Å². The maximum absolute atomic E-state index is 12.4. The lowest BCUT2D eigenvalue weighted by Gasteiger charge is -2.29. The quantitative estimate of drug-likeness (QED) is 0.741. The zero-order valence-electron chi connectivity index (χ0n) is 11.8. The molecule has 1 aromatic heterocycles. The summed E-state index contributed by atoms with van der Waals surface area (Å²) < 4.78 is 1.36. The van der Waals surface area contributed by atoms with Crippen LogP contribution >= 0.6 is 11.8 Å². The molecule has 0 aliphatic carbocycles. The molecule has 9 heteroatoms. The molecule has 1 aromatic rings. The van der Waals surface area contributed by atoms with E-state index in [1.54, 1.807) is 28.6 Å². The average Bonchev–Trinajstić information content (AvgIpc) is 3.07. The average molecular weight is 298 g/mol. The van der Waals surface area contributed by atoms with Gasteiger partial charge < -0.3 is 9.80 Å². The van der Waals surface area contributed by atoms with Crippen molar-refractivity contribution in [3.63, 3.8) is 0 Å². The molecule has 0 bridgehead atoms. The summed E-state index contributed by atoms with van der Waals surface area (Å²) in [7, 11) is 1.76. The van der Waals surface area contributed by atoms with Crippen molar-refractivity contribution in [3.8, 4) is 0 Å². The molecule has 1 aliphatic rings. The topological polar surface area (TPSA) is 84.2 Å². The summed E-state index contributed by atoms with van der Waals surface area (Å²) >= 11 is 1.59. The first kappa shape index (κ1) is 14.8. The Morgan fingerprint density at radius 3 is 2.85 bits per heavy atom. The van der Waals surface area contributed by atoms with Gasteiger partial charge in [0, 0.05) is 18.8 Å². The molecular weight excluding hydrogens is 280 g/mol. The van der Waals surface area contributed by atoms with Gasteiger partial charge in [0.25, 0.3) is 0 Å². The van der Waals surface area contributed by atoms with Crippen molar-refractivity contribution in [3.05, 3.63) is 6.33 Å². The van der Waals surface area contributed by atoms with Gasteiger partial charge >= 0.3 is 0 Å². The van der Waals surface area contributed by atoms with Crippen LogP contribution < -0.4 is 0 Å². The Kier molecular flexibility index (Phi) is 4.58. The van der Waals surface area contributed by atoms with Crippen LogP contribution in [0, 0.1) is 0 Å². The number of carbonyl (C=O) groups excluding carboxylic acids is 2. The number of aromatic nitrogens is 4. The number of hydrogen-bond donors (Lipinski definition) is 0. The van der Waals surface area contributed by atoms with Crippen molar-refractivity contribution in [2.75, 3.05) is 18.7 Å². The Labute approximate surface area is 121 Å². The van der Waals surface area contributed by atoms with Crippen LogP contribution in [0.5, 0.6) is 0 Å².